The van der Waals surface area contributed by atoms with Crippen LogP contribution in [0.2, 0.25) is 0 Å². The fourth-order valence-corrected chi connectivity index (χ4v) is 5.89. The maximum absolute atomic E-state index is 14.4. The van der Waals surface area contributed by atoms with Gasteiger partial charge in [0.1, 0.15) is 10.9 Å². The number of rotatable bonds is 7. The lowest BCUT2D eigenvalue weighted by Gasteiger charge is -2.33. The fraction of sp³-hybridized carbons (Fsp3) is 0.286. The Morgan fingerprint density at radius 3 is 2.58 bits per heavy atom. The molecule has 0 bridgehead atoms. The number of para-hydroxylation sites is 1. The summed E-state index contributed by atoms with van der Waals surface area (Å²) >= 11 is 0.802. The quantitative estimate of drug-likeness (QED) is 0.280. The number of hydrogen-bond donors (Lipinski definition) is 4. The molecule has 1 atom stereocenters. The minimum Gasteiger partial charge on any atom is -0.395 e. The zero-order chi connectivity index (χ0) is 27.0. The standard InChI is InChI=1S/C28H30N6O3S/c1-15-11-12-16(2)21(13-15)34(28(37)25-22(29)23(26(30)35)33-38-25)24(27(36)32-17-7-3-4-8-17)19-14-31-20-10-6-5-9-18(19)20/h5-6,9-14,17,24,31H,3-4,7-8,29H2,1-2H3,(H2,30,35)(H,32,36). The molecular formula is C28H30N6O3S. The SMILES string of the molecule is Cc1ccc(C)c(N(C(=O)c2snc(C(N)=O)c2N)C(C(=O)NC2CCCC2)c2c[nH]c3ccccc23)c1. The number of H-pyrrole nitrogens is 1. The van der Waals surface area contributed by atoms with Gasteiger partial charge in [0.25, 0.3) is 11.8 Å². The predicted octanol–water partition coefficient (Wildman–Crippen LogP) is 4.37. The molecule has 2 aromatic carbocycles. The number of hydrogen-bond acceptors (Lipinski definition) is 6. The molecule has 0 aliphatic heterocycles. The number of aryl methyl sites for hydroxylation is 2. The van der Waals surface area contributed by atoms with E-state index in [1.54, 1.807) is 6.20 Å². The number of amides is 3. The highest BCUT2D eigenvalue weighted by molar-refractivity contribution is 7.09. The van der Waals surface area contributed by atoms with E-state index in [0.717, 1.165) is 59.2 Å². The number of nitrogens with zero attached hydrogens (tertiary/aromatic N) is 2. The van der Waals surface area contributed by atoms with E-state index in [1.165, 1.54) is 4.90 Å². The Labute approximate surface area is 224 Å². The summed E-state index contributed by atoms with van der Waals surface area (Å²) in [6.45, 7) is 3.82. The van der Waals surface area contributed by atoms with Crippen molar-refractivity contribution in [3.63, 3.8) is 0 Å². The molecule has 1 aliphatic carbocycles. The molecule has 0 spiro atoms. The van der Waals surface area contributed by atoms with Gasteiger partial charge < -0.3 is 21.8 Å². The summed E-state index contributed by atoms with van der Waals surface area (Å²) in [6, 6.07) is 12.4. The number of carbonyl (C=O) groups excluding carboxylic acids is 3. The van der Waals surface area contributed by atoms with E-state index in [1.807, 2.05) is 56.3 Å². The molecule has 1 saturated carbocycles. The van der Waals surface area contributed by atoms with Crippen LogP contribution in [0.5, 0.6) is 0 Å². The van der Waals surface area contributed by atoms with Crippen LogP contribution < -0.4 is 21.7 Å². The monoisotopic (exact) mass is 530 g/mol. The molecule has 2 heterocycles. The lowest BCUT2D eigenvalue weighted by Crippen LogP contribution is -2.46. The van der Waals surface area contributed by atoms with Crippen molar-refractivity contribution < 1.29 is 14.4 Å². The molecule has 3 amide bonds. The summed E-state index contributed by atoms with van der Waals surface area (Å²) in [5, 5.41) is 4.03. The molecule has 10 heteroatoms. The molecule has 1 fully saturated rings. The number of carbonyl (C=O) groups is 3. The number of primary amides is 1. The molecule has 196 valence electrons. The van der Waals surface area contributed by atoms with Crippen molar-refractivity contribution in [1.82, 2.24) is 14.7 Å². The van der Waals surface area contributed by atoms with E-state index in [-0.39, 0.29) is 28.2 Å². The first kappa shape index (κ1) is 25.5. The van der Waals surface area contributed by atoms with Gasteiger partial charge in [0.15, 0.2) is 5.69 Å². The van der Waals surface area contributed by atoms with Crippen molar-refractivity contribution in [2.75, 3.05) is 10.6 Å². The average Bonchev–Trinajstić information content (AvgIpc) is 3.64. The number of nitrogens with one attached hydrogen (secondary N) is 2. The summed E-state index contributed by atoms with van der Waals surface area (Å²) in [5.41, 5.74) is 15.2. The van der Waals surface area contributed by atoms with E-state index in [4.69, 9.17) is 11.5 Å². The second-order valence-electron chi connectivity index (χ2n) is 9.79. The maximum atomic E-state index is 14.4. The molecule has 2 aromatic heterocycles. The first-order valence-corrected chi connectivity index (χ1v) is 13.4. The zero-order valence-electron chi connectivity index (χ0n) is 21.3. The Kier molecular flexibility index (Phi) is 6.90. The number of benzene rings is 2. The van der Waals surface area contributed by atoms with Crippen LogP contribution in [0.15, 0.2) is 48.7 Å². The predicted molar refractivity (Wildman–Crippen MR) is 149 cm³/mol. The second kappa shape index (κ2) is 10.3. The number of fused-ring (bicyclic) bond motifs is 1. The van der Waals surface area contributed by atoms with Gasteiger partial charge in [-0.2, -0.15) is 4.37 Å². The normalized spacial score (nSPS) is 14.5. The van der Waals surface area contributed by atoms with Crippen molar-refractivity contribution in [1.29, 1.82) is 0 Å². The highest BCUT2D eigenvalue weighted by Crippen LogP contribution is 2.38. The zero-order valence-corrected chi connectivity index (χ0v) is 22.1. The molecule has 38 heavy (non-hydrogen) atoms. The van der Waals surface area contributed by atoms with Crippen LogP contribution in [0.3, 0.4) is 0 Å². The van der Waals surface area contributed by atoms with Gasteiger partial charge in [-0.05, 0) is 61.5 Å². The number of aromatic nitrogens is 2. The number of nitrogen functional groups attached to an aromatic ring is 1. The number of aromatic amines is 1. The third-order valence-electron chi connectivity index (χ3n) is 7.12. The Bertz CT molecular complexity index is 1530. The van der Waals surface area contributed by atoms with Crippen molar-refractivity contribution in [2.24, 2.45) is 5.73 Å². The van der Waals surface area contributed by atoms with Crippen molar-refractivity contribution >= 4 is 51.5 Å². The van der Waals surface area contributed by atoms with Crippen molar-refractivity contribution in [3.8, 4) is 0 Å². The van der Waals surface area contributed by atoms with Gasteiger partial charge in [-0.1, -0.05) is 43.2 Å². The first-order valence-electron chi connectivity index (χ1n) is 12.6. The minimum absolute atomic E-state index is 0.0423. The van der Waals surface area contributed by atoms with Gasteiger partial charge in [-0.25, -0.2) is 0 Å². The molecule has 6 N–H and O–H groups in total. The summed E-state index contributed by atoms with van der Waals surface area (Å²) in [7, 11) is 0. The summed E-state index contributed by atoms with van der Waals surface area (Å²) < 4.78 is 4.04. The molecule has 0 saturated heterocycles. The largest absolute Gasteiger partial charge is 0.395 e. The third kappa shape index (κ3) is 4.63. The molecule has 4 aromatic rings. The molecule has 9 nitrogen and oxygen atoms in total. The molecule has 1 unspecified atom stereocenters. The fourth-order valence-electron chi connectivity index (χ4n) is 5.15. The molecular weight excluding hydrogens is 500 g/mol. The summed E-state index contributed by atoms with van der Waals surface area (Å²) in [4.78, 5) is 45.1. The van der Waals surface area contributed by atoms with E-state index in [0.29, 0.717) is 11.3 Å². The second-order valence-corrected chi connectivity index (χ2v) is 10.6. The van der Waals surface area contributed by atoms with Crippen LogP contribution in [0.1, 0.15) is 68.6 Å². The minimum atomic E-state index is -1.02. The summed E-state index contributed by atoms with van der Waals surface area (Å²) in [5.74, 6) is -1.63. The molecule has 5 rings (SSSR count). The maximum Gasteiger partial charge on any atom is 0.273 e. The Hall–Kier alpha value is -4.18. The van der Waals surface area contributed by atoms with E-state index in [2.05, 4.69) is 14.7 Å². The van der Waals surface area contributed by atoms with Gasteiger partial charge in [0, 0.05) is 34.4 Å². The van der Waals surface area contributed by atoms with Crippen LogP contribution in [-0.2, 0) is 4.79 Å². The molecule has 0 radical (unpaired) electrons. The van der Waals surface area contributed by atoms with E-state index in [9.17, 15) is 14.4 Å². The Morgan fingerprint density at radius 1 is 1.13 bits per heavy atom. The van der Waals surface area contributed by atoms with Crippen molar-refractivity contribution in [3.05, 3.63) is 75.9 Å². The van der Waals surface area contributed by atoms with Gasteiger partial charge in [-0.15, -0.1) is 0 Å². The summed E-state index contributed by atoms with van der Waals surface area (Å²) in [6.07, 6.45) is 5.67. The van der Waals surface area contributed by atoms with Crippen LogP contribution in [0, 0.1) is 13.8 Å². The smallest absolute Gasteiger partial charge is 0.273 e. The van der Waals surface area contributed by atoms with Gasteiger partial charge in [0.2, 0.25) is 5.91 Å². The van der Waals surface area contributed by atoms with Crippen LogP contribution in [0.4, 0.5) is 11.4 Å². The van der Waals surface area contributed by atoms with Crippen molar-refractivity contribution in [2.45, 2.75) is 51.6 Å². The number of anilines is 2. The van der Waals surface area contributed by atoms with Gasteiger partial charge >= 0.3 is 0 Å². The van der Waals surface area contributed by atoms with Gasteiger partial charge in [-0.3, -0.25) is 19.3 Å². The molecule has 1 aliphatic rings. The highest BCUT2D eigenvalue weighted by Gasteiger charge is 2.38. The first-order chi connectivity index (χ1) is 18.3. The third-order valence-corrected chi connectivity index (χ3v) is 7.97. The van der Waals surface area contributed by atoms with Crippen LogP contribution in [0.25, 0.3) is 10.9 Å². The van der Waals surface area contributed by atoms with Crippen LogP contribution >= 0.6 is 11.5 Å². The average molecular weight is 531 g/mol. The lowest BCUT2D eigenvalue weighted by atomic mass is 9.99. The van der Waals surface area contributed by atoms with Crippen LogP contribution in [-0.4, -0.2) is 33.1 Å². The lowest BCUT2D eigenvalue weighted by molar-refractivity contribution is -0.123. The van der Waals surface area contributed by atoms with E-state index >= 15 is 0 Å². The Morgan fingerprint density at radius 2 is 1.87 bits per heavy atom. The van der Waals surface area contributed by atoms with Gasteiger partial charge in [0.05, 0.1) is 5.69 Å². The topological polar surface area (TPSA) is 147 Å². The van der Waals surface area contributed by atoms with E-state index < -0.39 is 17.9 Å². The number of nitrogens with two attached hydrogens (primary N) is 2. The highest BCUT2D eigenvalue weighted by atomic mass is 32.1. The Balaban J connectivity index is 1.72.